The first-order valence-corrected chi connectivity index (χ1v) is 5.98. The maximum Gasteiger partial charge on any atom is 0.256 e. The molecule has 1 atom stereocenters. The third-order valence-electron chi connectivity index (χ3n) is 2.43. The summed E-state index contributed by atoms with van der Waals surface area (Å²) in [5.74, 6) is -0.295. The third-order valence-corrected chi connectivity index (χ3v) is 2.43. The van der Waals surface area contributed by atoms with E-state index in [9.17, 15) is 4.79 Å². The summed E-state index contributed by atoms with van der Waals surface area (Å²) in [6, 6.07) is 1.41. The minimum Gasteiger partial charge on any atom is -0.333 e. The van der Waals surface area contributed by atoms with Crippen LogP contribution in [0.3, 0.4) is 0 Å². The molecule has 0 aromatic carbocycles. The molecule has 1 amide bonds. The van der Waals surface area contributed by atoms with Crippen molar-refractivity contribution in [1.82, 2.24) is 15.1 Å². The highest BCUT2D eigenvalue weighted by molar-refractivity contribution is 5.95. The number of nitrogens with zero attached hydrogens (tertiary/aromatic N) is 3. The summed E-state index contributed by atoms with van der Waals surface area (Å²) >= 11 is 0. The Morgan fingerprint density at radius 2 is 2.37 bits per heavy atom. The van der Waals surface area contributed by atoms with Crippen molar-refractivity contribution in [1.29, 1.82) is 5.26 Å². The highest BCUT2D eigenvalue weighted by Crippen LogP contribution is 2.06. The van der Waals surface area contributed by atoms with Crippen molar-refractivity contribution in [2.45, 2.75) is 33.4 Å². The fourth-order valence-electron chi connectivity index (χ4n) is 1.63. The van der Waals surface area contributed by atoms with Gasteiger partial charge in [-0.05, 0) is 26.8 Å². The number of carbonyl (C=O) groups excluding carboxylic acids is 1. The first-order chi connectivity index (χ1) is 8.97. The molecule has 1 heterocycles. The van der Waals surface area contributed by atoms with Gasteiger partial charge in [0.25, 0.3) is 5.91 Å². The Balaban J connectivity index is 2.86. The van der Waals surface area contributed by atoms with Crippen molar-refractivity contribution < 1.29 is 4.79 Å². The molecule has 0 saturated heterocycles. The largest absolute Gasteiger partial charge is 0.333 e. The molecule has 1 N–H and O–H groups in total. The van der Waals surface area contributed by atoms with E-state index in [4.69, 9.17) is 5.26 Å². The van der Waals surface area contributed by atoms with Crippen molar-refractivity contribution >= 4 is 5.91 Å². The van der Waals surface area contributed by atoms with Crippen molar-refractivity contribution in [2.75, 3.05) is 0 Å². The van der Waals surface area contributed by atoms with Crippen molar-refractivity contribution in [3.05, 3.63) is 41.8 Å². The Labute approximate surface area is 113 Å². The molecule has 1 rings (SSSR count). The molecule has 19 heavy (non-hydrogen) atoms. The minimum absolute atomic E-state index is 0.295. The average molecular weight is 258 g/mol. The van der Waals surface area contributed by atoms with Gasteiger partial charge in [0, 0.05) is 6.20 Å². The molecular weight excluding hydrogens is 240 g/mol. The lowest BCUT2D eigenvalue weighted by atomic mass is 10.2. The van der Waals surface area contributed by atoms with Crippen LogP contribution in [0.4, 0.5) is 0 Å². The third kappa shape index (κ3) is 4.11. The first-order valence-electron chi connectivity index (χ1n) is 5.98. The smallest absolute Gasteiger partial charge is 0.256 e. The highest BCUT2D eigenvalue weighted by atomic mass is 16.1. The lowest BCUT2D eigenvalue weighted by Crippen LogP contribution is -2.32. The maximum atomic E-state index is 12.1. The lowest BCUT2D eigenvalue weighted by molar-refractivity contribution is 0.0950. The zero-order valence-electron chi connectivity index (χ0n) is 11.5. The molecule has 5 heteroatoms. The molecule has 0 aliphatic heterocycles. The summed E-state index contributed by atoms with van der Waals surface area (Å²) in [4.78, 5) is 12.1. The van der Waals surface area contributed by atoms with Gasteiger partial charge in [-0.2, -0.15) is 10.4 Å². The molecule has 1 aromatic heterocycles. The molecule has 100 valence electrons. The van der Waals surface area contributed by atoms with Gasteiger partial charge in [0.05, 0.1) is 23.9 Å². The summed E-state index contributed by atoms with van der Waals surface area (Å²) in [5, 5.41) is 15.8. The molecule has 0 fully saturated rings. The van der Waals surface area contributed by atoms with Gasteiger partial charge in [-0.25, -0.2) is 0 Å². The van der Waals surface area contributed by atoms with Crippen LogP contribution in [-0.4, -0.2) is 21.7 Å². The Bertz CT molecular complexity index is 544. The van der Waals surface area contributed by atoms with Gasteiger partial charge in [-0.15, -0.1) is 6.58 Å². The standard InChI is InChI=1S/C14H18N4O/c1-5-6-18-9-13(11(4)17-18)14(19)16-12(8-15)7-10(2)3/h5,7,9,12H,1,6H2,2-4H3,(H,16,19). The number of allylic oxidation sites excluding steroid dienone is 2. The Morgan fingerprint density at radius 3 is 2.89 bits per heavy atom. The van der Waals surface area contributed by atoms with Crippen LogP contribution >= 0.6 is 0 Å². The van der Waals surface area contributed by atoms with Gasteiger partial charge in [-0.3, -0.25) is 9.48 Å². The summed E-state index contributed by atoms with van der Waals surface area (Å²) in [7, 11) is 0. The van der Waals surface area contributed by atoms with E-state index in [1.54, 1.807) is 30.0 Å². The van der Waals surface area contributed by atoms with Crippen LogP contribution in [0.2, 0.25) is 0 Å². The fraction of sp³-hybridized carbons (Fsp3) is 0.357. The second-order valence-electron chi connectivity index (χ2n) is 4.46. The Hall–Kier alpha value is -2.35. The topological polar surface area (TPSA) is 70.7 Å². The summed E-state index contributed by atoms with van der Waals surface area (Å²) < 4.78 is 1.64. The number of aromatic nitrogens is 2. The quantitative estimate of drug-likeness (QED) is 0.821. The van der Waals surface area contributed by atoms with Crippen LogP contribution in [0.5, 0.6) is 0 Å². The molecule has 0 radical (unpaired) electrons. The number of amides is 1. The van der Waals surface area contributed by atoms with Gasteiger partial charge in [-0.1, -0.05) is 11.6 Å². The molecule has 0 spiro atoms. The fourth-order valence-corrected chi connectivity index (χ4v) is 1.63. The van der Waals surface area contributed by atoms with E-state index in [0.29, 0.717) is 17.8 Å². The van der Waals surface area contributed by atoms with E-state index >= 15 is 0 Å². The minimum atomic E-state index is -0.625. The molecule has 0 aliphatic rings. The highest BCUT2D eigenvalue weighted by Gasteiger charge is 2.16. The predicted molar refractivity (Wildman–Crippen MR) is 73.5 cm³/mol. The second-order valence-corrected chi connectivity index (χ2v) is 4.46. The van der Waals surface area contributed by atoms with Crippen LogP contribution < -0.4 is 5.32 Å². The summed E-state index contributed by atoms with van der Waals surface area (Å²) in [6.45, 7) is 9.69. The molecule has 0 saturated carbocycles. The van der Waals surface area contributed by atoms with Gasteiger partial charge < -0.3 is 5.32 Å². The van der Waals surface area contributed by atoms with Gasteiger partial charge in [0.2, 0.25) is 0 Å². The number of hydrogen-bond acceptors (Lipinski definition) is 3. The SMILES string of the molecule is C=CCn1cc(C(=O)NC(C#N)C=C(C)C)c(C)n1. The zero-order chi connectivity index (χ0) is 14.4. The summed E-state index contributed by atoms with van der Waals surface area (Å²) in [6.07, 6.45) is 5.07. The van der Waals surface area contributed by atoms with Crippen LogP contribution in [0.15, 0.2) is 30.5 Å². The van der Waals surface area contributed by atoms with E-state index in [0.717, 1.165) is 5.57 Å². The normalized spacial score (nSPS) is 11.3. The van der Waals surface area contributed by atoms with Crippen LogP contribution in [0.1, 0.15) is 29.9 Å². The number of rotatable bonds is 5. The summed E-state index contributed by atoms with van der Waals surface area (Å²) in [5.41, 5.74) is 2.09. The average Bonchev–Trinajstić information content (AvgIpc) is 2.69. The second kappa shape index (κ2) is 6.55. The van der Waals surface area contributed by atoms with Crippen molar-refractivity contribution in [2.24, 2.45) is 0 Å². The molecule has 1 unspecified atom stereocenters. The number of carbonyl (C=O) groups is 1. The van der Waals surface area contributed by atoms with Crippen LogP contribution in [0.25, 0.3) is 0 Å². The van der Waals surface area contributed by atoms with Crippen LogP contribution in [0, 0.1) is 18.3 Å². The molecule has 0 aliphatic carbocycles. The lowest BCUT2D eigenvalue weighted by Gasteiger charge is -2.07. The number of nitrogens with one attached hydrogen (secondary N) is 1. The molecule has 0 bridgehead atoms. The van der Waals surface area contributed by atoms with Crippen LogP contribution in [-0.2, 0) is 6.54 Å². The first kappa shape index (κ1) is 14.7. The number of nitriles is 1. The van der Waals surface area contributed by atoms with Gasteiger partial charge in [0.1, 0.15) is 6.04 Å². The molecule has 5 nitrogen and oxygen atoms in total. The maximum absolute atomic E-state index is 12.1. The zero-order valence-corrected chi connectivity index (χ0v) is 11.5. The number of aryl methyl sites for hydroxylation is 1. The Morgan fingerprint density at radius 1 is 1.68 bits per heavy atom. The van der Waals surface area contributed by atoms with Crippen molar-refractivity contribution in [3.8, 4) is 6.07 Å². The van der Waals surface area contributed by atoms with Crippen molar-refractivity contribution in [3.63, 3.8) is 0 Å². The van der Waals surface area contributed by atoms with Gasteiger partial charge >= 0.3 is 0 Å². The molecular formula is C14H18N4O. The van der Waals surface area contributed by atoms with E-state index in [1.165, 1.54) is 0 Å². The number of hydrogen-bond donors (Lipinski definition) is 1. The monoisotopic (exact) mass is 258 g/mol. The Kier molecular flexibility index (Phi) is 5.07. The predicted octanol–water partition coefficient (Wildman–Crippen LogP) is 1.97. The van der Waals surface area contributed by atoms with E-state index in [1.807, 2.05) is 19.9 Å². The van der Waals surface area contributed by atoms with E-state index in [2.05, 4.69) is 17.0 Å². The van der Waals surface area contributed by atoms with E-state index in [-0.39, 0.29) is 5.91 Å². The van der Waals surface area contributed by atoms with E-state index < -0.39 is 6.04 Å². The molecule has 1 aromatic rings. The van der Waals surface area contributed by atoms with Gasteiger partial charge in [0.15, 0.2) is 0 Å².